The fourth-order valence-corrected chi connectivity index (χ4v) is 3.60. The van der Waals surface area contributed by atoms with E-state index in [1.165, 1.54) is 37.0 Å². The van der Waals surface area contributed by atoms with Crippen molar-refractivity contribution in [2.75, 3.05) is 0 Å². The first-order valence-corrected chi connectivity index (χ1v) is 7.05. The minimum Gasteiger partial charge on any atom is -0.478 e. The van der Waals surface area contributed by atoms with Crippen LogP contribution in [0.1, 0.15) is 48.0 Å². The zero-order chi connectivity index (χ0) is 12.3. The highest BCUT2D eigenvalue weighted by atomic mass is 32.2. The van der Waals surface area contributed by atoms with Gasteiger partial charge in [-0.05, 0) is 43.5 Å². The predicted octanol–water partition coefficient (Wildman–Crippen LogP) is 4.12. The van der Waals surface area contributed by atoms with Crippen molar-refractivity contribution in [2.45, 2.75) is 49.2 Å². The summed E-state index contributed by atoms with van der Waals surface area (Å²) in [7, 11) is 0. The number of aromatic carboxylic acids is 1. The van der Waals surface area contributed by atoms with Gasteiger partial charge in [0.05, 0.1) is 5.56 Å². The fourth-order valence-electron chi connectivity index (χ4n) is 2.28. The highest BCUT2D eigenvalue weighted by Gasteiger charge is 2.16. The van der Waals surface area contributed by atoms with Crippen molar-refractivity contribution < 1.29 is 9.90 Å². The van der Waals surface area contributed by atoms with Crippen LogP contribution in [0, 0.1) is 6.92 Å². The molecular formula is C14H18O2S. The monoisotopic (exact) mass is 250 g/mol. The second-order valence-corrected chi connectivity index (χ2v) is 6.01. The Labute approximate surface area is 106 Å². The van der Waals surface area contributed by atoms with E-state index >= 15 is 0 Å². The van der Waals surface area contributed by atoms with Gasteiger partial charge in [0.25, 0.3) is 0 Å². The maximum absolute atomic E-state index is 10.8. The van der Waals surface area contributed by atoms with Crippen LogP contribution in [0.25, 0.3) is 0 Å². The number of benzene rings is 1. The van der Waals surface area contributed by atoms with Crippen LogP contribution in [0.4, 0.5) is 0 Å². The van der Waals surface area contributed by atoms with E-state index in [0.29, 0.717) is 5.56 Å². The second kappa shape index (κ2) is 5.58. The van der Waals surface area contributed by atoms with Crippen molar-refractivity contribution in [3.05, 3.63) is 29.3 Å². The molecule has 17 heavy (non-hydrogen) atoms. The molecule has 0 spiro atoms. The smallest absolute Gasteiger partial charge is 0.335 e. The van der Waals surface area contributed by atoms with Gasteiger partial charge in [0.1, 0.15) is 0 Å². The molecule has 0 radical (unpaired) electrons. The van der Waals surface area contributed by atoms with Crippen LogP contribution in [-0.4, -0.2) is 16.3 Å². The Morgan fingerprint density at radius 2 is 2.00 bits per heavy atom. The zero-order valence-corrected chi connectivity index (χ0v) is 10.9. The Morgan fingerprint density at radius 1 is 1.29 bits per heavy atom. The summed E-state index contributed by atoms with van der Waals surface area (Å²) in [5.41, 5.74) is 1.47. The average Bonchev–Trinajstić information content (AvgIpc) is 2.33. The zero-order valence-electron chi connectivity index (χ0n) is 10.1. The molecule has 0 saturated heterocycles. The molecule has 1 aliphatic carbocycles. The highest BCUT2D eigenvalue weighted by molar-refractivity contribution is 8.00. The van der Waals surface area contributed by atoms with Crippen LogP contribution in [0.2, 0.25) is 0 Å². The lowest BCUT2D eigenvalue weighted by Gasteiger charge is -2.21. The number of thioether (sulfide) groups is 1. The van der Waals surface area contributed by atoms with E-state index in [0.717, 1.165) is 10.8 Å². The summed E-state index contributed by atoms with van der Waals surface area (Å²) in [6, 6.07) is 5.44. The van der Waals surface area contributed by atoms with Crippen LogP contribution in [0.5, 0.6) is 0 Å². The largest absolute Gasteiger partial charge is 0.478 e. The Bertz CT molecular complexity index is 409. The number of rotatable bonds is 3. The topological polar surface area (TPSA) is 37.3 Å². The van der Waals surface area contributed by atoms with Crippen molar-refractivity contribution in [1.82, 2.24) is 0 Å². The molecule has 3 heteroatoms. The third-order valence-corrected chi connectivity index (χ3v) is 4.78. The standard InChI is InChI=1S/C14H18O2S/c1-10-9-11(14(15)16)7-8-13(10)17-12-5-3-2-4-6-12/h7-9,12H,2-6H2,1H3,(H,15,16). The van der Waals surface area contributed by atoms with Crippen LogP contribution < -0.4 is 0 Å². The number of hydrogen-bond acceptors (Lipinski definition) is 2. The van der Waals surface area contributed by atoms with E-state index in [1.54, 1.807) is 12.1 Å². The normalized spacial score (nSPS) is 17.0. The summed E-state index contributed by atoms with van der Waals surface area (Å²) in [6.45, 7) is 2.00. The van der Waals surface area contributed by atoms with Gasteiger partial charge in [0, 0.05) is 10.1 Å². The molecular weight excluding hydrogens is 232 g/mol. The van der Waals surface area contributed by atoms with E-state index in [1.807, 2.05) is 24.8 Å². The molecule has 1 aromatic carbocycles. The molecule has 0 heterocycles. The summed E-state index contributed by atoms with van der Waals surface area (Å²) >= 11 is 1.92. The van der Waals surface area contributed by atoms with Crippen LogP contribution in [-0.2, 0) is 0 Å². The fraction of sp³-hybridized carbons (Fsp3) is 0.500. The van der Waals surface area contributed by atoms with Gasteiger partial charge in [-0.1, -0.05) is 19.3 Å². The number of carboxylic acids is 1. The Morgan fingerprint density at radius 3 is 2.59 bits per heavy atom. The molecule has 1 fully saturated rings. The number of carboxylic acid groups (broad SMARTS) is 1. The maximum atomic E-state index is 10.8. The molecule has 2 rings (SSSR count). The first-order chi connectivity index (χ1) is 8.16. The lowest BCUT2D eigenvalue weighted by atomic mass is 10.0. The summed E-state index contributed by atoms with van der Waals surface area (Å²) in [5, 5.41) is 9.64. The third-order valence-electron chi connectivity index (χ3n) is 3.27. The summed E-state index contributed by atoms with van der Waals surface area (Å²) in [6.07, 6.45) is 6.64. The maximum Gasteiger partial charge on any atom is 0.335 e. The quantitative estimate of drug-likeness (QED) is 0.876. The van der Waals surface area contributed by atoms with Gasteiger partial charge in [0.15, 0.2) is 0 Å². The van der Waals surface area contributed by atoms with E-state index in [9.17, 15) is 4.79 Å². The molecule has 0 aromatic heterocycles. The first-order valence-electron chi connectivity index (χ1n) is 6.17. The summed E-state index contributed by atoms with van der Waals surface area (Å²) in [5.74, 6) is -0.845. The predicted molar refractivity (Wildman–Crippen MR) is 70.9 cm³/mol. The molecule has 0 amide bonds. The minimum atomic E-state index is -0.845. The van der Waals surface area contributed by atoms with Gasteiger partial charge in [-0.2, -0.15) is 0 Å². The van der Waals surface area contributed by atoms with Crippen molar-refractivity contribution in [3.8, 4) is 0 Å². The number of carbonyl (C=O) groups is 1. The Kier molecular flexibility index (Phi) is 4.11. The van der Waals surface area contributed by atoms with Crippen molar-refractivity contribution in [2.24, 2.45) is 0 Å². The van der Waals surface area contributed by atoms with E-state index < -0.39 is 5.97 Å². The van der Waals surface area contributed by atoms with Crippen LogP contribution in [0.15, 0.2) is 23.1 Å². The molecule has 0 aliphatic heterocycles. The molecule has 1 N–H and O–H groups in total. The van der Waals surface area contributed by atoms with Crippen LogP contribution in [0.3, 0.4) is 0 Å². The Balaban J connectivity index is 2.08. The molecule has 0 bridgehead atoms. The SMILES string of the molecule is Cc1cc(C(=O)O)ccc1SC1CCCCC1. The molecule has 0 atom stereocenters. The van der Waals surface area contributed by atoms with Crippen LogP contribution >= 0.6 is 11.8 Å². The first kappa shape index (κ1) is 12.5. The number of aryl methyl sites for hydroxylation is 1. The lowest BCUT2D eigenvalue weighted by molar-refractivity contribution is 0.0696. The van der Waals surface area contributed by atoms with Crippen molar-refractivity contribution in [1.29, 1.82) is 0 Å². The molecule has 1 saturated carbocycles. The summed E-state index contributed by atoms with van der Waals surface area (Å²) < 4.78 is 0. The molecule has 92 valence electrons. The van der Waals surface area contributed by atoms with Gasteiger partial charge in [-0.15, -0.1) is 11.8 Å². The molecule has 1 aromatic rings. The van der Waals surface area contributed by atoms with Crippen molar-refractivity contribution >= 4 is 17.7 Å². The average molecular weight is 250 g/mol. The van der Waals surface area contributed by atoms with Gasteiger partial charge < -0.3 is 5.11 Å². The minimum absolute atomic E-state index is 0.385. The van der Waals surface area contributed by atoms with Crippen molar-refractivity contribution in [3.63, 3.8) is 0 Å². The van der Waals surface area contributed by atoms with Gasteiger partial charge >= 0.3 is 5.97 Å². The Hall–Kier alpha value is -0.960. The van der Waals surface area contributed by atoms with Gasteiger partial charge in [-0.3, -0.25) is 0 Å². The second-order valence-electron chi connectivity index (χ2n) is 4.66. The molecule has 2 nitrogen and oxygen atoms in total. The van der Waals surface area contributed by atoms with Gasteiger partial charge in [-0.25, -0.2) is 4.79 Å². The molecule has 1 aliphatic rings. The number of hydrogen-bond donors (Lipinski definition) is 1. The summed E-state index contributed by atoms with van der Waals surface area (Å²) in [4.78, 5) is 12.1. The van der Waals surface area contributed by atoms with E-state index in [-0.39, 0.29) is 0 Å². The third kappa shape index (κ3) is 3.25. The van der Waals surface area contributed by atoms with E-state index in [2.05, 4.69) is 0 Å². The van der Waals surface area contributed by atoms with Gasteiger partial charge in [0.2, 0.25) is 0 Å². The lowest BCUT2D eigenvalue weighted by Crippen LogP contribution is -2.08. The van der Waals surface area contributed by atoms with E-state index in [4.69, 9.17) is 5.11 Å². The molecule has 0 unspecified atom stereocenters. The highest BCUT2D eigenvalue weighted by Crippen LogP contribution is 2.35.